The van der Waals surface area contributed by atoms with Gasteiger partial charge in [0.1, 0.15) is 11.9 Å². The number of piperidine rings is 1. The Balaban J connectivity index is 2.32. The molecule has 2 rings (SSSR count). The number of hydrogen-bond acceptors (Lipinski definition) is 3. The summed E-state index contributed by atoms with van der Waals surface area (Å²) in [5.41, 5.74) is 0. The van der Waals surface area contributed by atoms with Gasteiger partial charge in [-0.05, 0) is 25.3 Å². The summed E-state index contributed by atoms with van der Waals surface area (Å²) in [6.07, 6.45) is 3.97. The molecule has 0 radical (unpaired) electrons. The van der Waals surface area contributed by atoms with Crippen molar-refractivity contribution in [2.24, 2.45) is 0 Å². The number of nitrogens with zero attached hydrogens (tertiary/aromatic N) is 2. The molecular formula is C11H12Cl2N2O2. The van der Waals surface area contributed by atoms with Gasteiger partial charge >= 0.3 is 5.97 Å². The molecule has 1 saturated heterocycles. The maximum Gasteiger partial charge on any atom is 0.326 e. The molecule has 0 aromatic carbocycles. The number of carbonyl (C=O) groups is 1. The van der Waals surface area contributed by atoms with Gasteiger partial charge < -0.3 is 10.0 Å². The predicted molar refractivity (Wildman–Crippen MR) is 66.9 cm³/mol. The molecule has 6 heteroatoms. The van der Waals surface area contributed by atoms with Gasteiger partial charge in [-0.1, -0.05) is 23.2 Å². The molecule has 1 aliphatic rings. The van der Waals surface area contributed by atoms with E-state index < -0.39 is 12.0 Å². The first-order chi connectivity index (χ1) is 8.09. The average Bonchev–Trinajstić information content (AvgIpc) is 2.29. The molecule has 1 fully saturated rings. The van der Waals surface area contributed by atoms with E-state index in [1.54, 1.807) is 11.0 Å². The zero-order chi connectivity index (χ0) is 12.4. The summed E-state index contributed by atoms with van der Waals surface area (Å²) in [5.74, 6) is -0.333. The van der Waals surface area contributed by atoms with Crippen LogP contribution in [0, 0.1) is 0 Å². The van der Waals surface area contributed by atoms with Crippen LogP contribution in [0.3, 0.4) is 0 Å². The Morgan fingerprint density at radius 3 is 2.88 bits per heavy atom. The van der Waals surface area contributed by atoms with Gasteiger partial charge in [0.15, 0.2) is 0 Å². The second-order valence-electron chi connectivity index (χ2n) is 4.00. The minimum absolute atomic E-state index is 0.394. The Hall–Kier alpha value is -1.000. The number of aliphatic carboxylic acids is 1. The van der Waals surface area contributed by atoms with Gasteiger partial charge in [0.2, 0.25) is 0 Å². The molecule has 0 spiro atoms. The standard InChI is InChI=1S/C11H12Cl2N2O2/c12-7-5-8(13)10(14-6-7)15-4-2-1-3-9(15)11(16)17/h5-6,9H,1-4H2,(H,16,17). The monoisotopic (exact) mass is 274 g/mol. The quantitative estimate of drug-likeness (QED) is 0.901. The minimum Gasteiger partial charge on any atom is -0.480 e. The van der Waals surface area contributed by atoms with E-state index in [1.807, 2.05) is 0 Å². The highest BCUT2D eigenvalue weighted by atomic mass is 35.5. The first-order valence-electron chi connectivity index (χ1n) is 5.40. The van der Waals surface area contributed by atoms with Gasteiger partial charge in [0.05, 0.1) is 10.0 Å². The SMILES string of the molecule is O=C(O)C1CCCCN1c1ncc(Cl)cc1Cl. The summed E-state index contributed by atoms with van der Waals surface area (Å²) in [4.78, 5) is 17.1. The number of rotatable bonds is 2. The van der Waals surface area contributed by atoms with Crippen LogP contribution < -0.4 is 4.90 Å². The smallest absolute Gasteiger partial charge is 0.326 e. The molecule has 0 amide bonds. The van der Waals surface area contributed by atoms with Crippen LogP contribution in [0.2, 0.25) is 10.0 Å². The van der Waals surface area contributed by atoms with Crippen LogP contribution in [0.25, 0.3) is 0 Å². The molecule has 1 atom stereocenters. The number of aromatic nitrogens is 1. The van der Waals surface area contributed by atoms with Crippen LogP contribution in [-0.4, -0.2) is 28.6 Å². The number of anilines is 1. The number of pyridine rings is 1. The molecule has 1 aromatic heterocycles. The van der Waals surface area contributed by atoms with E-state index >= 15 is 0 Å². The topological polar surface area (TPSA) is 53.4 Å². The highest BCUT2D eigenvalue weighted by Crippen LogP contribution is 2.30. The van der Waals surface area contributed by atoms with Crippen molar-refractivity contribution >= 4 is 35.0 Å². The van der Waals surface area contributed by atoms with E-state index in [9.17, 15) is 9.90 Å². The highest BCUT2D eigenvalue weighted by Gasteiger charge is 2.30. The Morgan fingerprint density at radius 1 is 1.47 bits per heavy atom. The van der Waals surface area contributed by atoms with Crippen molar-refractivity contribution in [1.82, 2.24) is 4.98 Å². The molecule has 1 unspecified atom stereocenters. The number of halogens is 2. The average molecular weight is 275 g/mol. The molecule has 17 heavy (non-hydrogen) atoms. The van der Waals surface area contributed by atoms with E-state index in [4.69, 9.17) is 23.2 Å². The van der Waals surface area contributed by atoms with E-state index in [-0.39, 0.29) is 0 Å². The summed E-state index contributed by atoms with van der Waals surface area (Å²) in [6, 6.07) is 1.04. The Morgan fingerprint density at radius 2 is 2.24 bits per heavy atom. The molecule has 0 bridgehead atoms. The first kappa shape index (κ1) is 12.5. The van der Waals surface area contributed by atoms with Gasteiger partial charge in [-0.3, -0.25) is 0 Å². The van der Waals surface area contributed by atoms with Crippen LogP contribution in [0.15, 0.2) is 12.3 Å². The molecule has 0 aliphatic carbocycles. The summed E-state index contributed by atoms with van der Waals surface area (Å²) >= 11 is 11.8. The maximum absolute atomic E-state index is 11.2. The van der Waals surface area contributed by atoms with Crippen molar-refractivity contribution in [2.75, 3.05) is 11.4 Å². The van der Waals surface area contributed by atoms with E-state index in [2.05, 4.69) is 4.98 Å². The largest absolute Gasteiger partial charge is 0.480 e. The van der Waals surface area contributed by atoms with Crippen LogP contribution in [0.5, 0.6) is 0 Å². The third-order valence-electron chi connectivity index (χ3n) is 2.85. The van der Waals surface area contributed by atoms with Gasteiger partial charge in [0, 0.05) is 12.7 Å². The van der Waals surface area contributed by atoms with Crippen molar-refractivity contribution in [3.8, 4) is 0 Å². The van der Waals surface area contributed by atoms with Gasteiger partial charge in [-0.2, -0.15) is 0 Å². The summed E-state index contributed by atoms with van der Waals surface area (Å²) < 4.78 is 0. The Bertz CT molecular complexity index is 439. The summed E-state index contributed by atoms with van der Waals surface area (Å²) in [5, 5.41) is 10.0. The van der Waals surface area contributed by atoms with Crippen LogP contribution in [-0.2, 0) is 4.79 Å². The third-order valence-corrected chi connectivity index (χ3v) is 3.33. The van der Waals surface area contributed by atoms with E-state index in [1.165, 1.54) is 6.20 Å². The predicted octanol–water partition coefficient (Wildman–Crippen LogP) is 2.83. The second-order valence-corrected chi connectivity index (χ2v) is 4.85. The normalized spacial score (nSPS) is 20.4. The molecule has 1 aliphatic heterocycles. The van der Waals surface area contributed by atoms with Crippen molar-refractivity contribution in [2.45, 2.75) is 25.3 Å². The fraction of sp³-hybridized carbons (Fsp3) is 0.455. The lowest BCUT2D eigenvalue weighted by atomic mass is 10.0. The zero-order valence-corrected chi connectivity index (χ0v) is 10.6. The van der Waals surface area contributed by atoms with Crippen molar-refractivity contribution in [3.63, 3.8) is 0 Å². The van der Waals surface area contributed by atoms with Gasteiger partial charge in [-0.25, -0.2) is 9.78 Å². The lowest BCUT2D eigenvalue weighted by Gasteiger charge is -2.34. The van der Waals surface area contributed by atoms with Crippen LogP contribution in [0.1, 0.15) is 19.3 Å². The molecule has 2 heterocycles. The molecule has 1 aromatic rings. The second kappa shape index (κ2) is 5.10. The lowest BCUT2D eigenvalue weighted by molar-refractivity contribution is -0.139. The number of hydrogen-bond donors (Lipinski definition) is 1. The summed E-state index contributed by atoms with van der Waals surface area (Å²) in [6.45, 7) is 0.658. The number of carboxylic acid groups (broad SMARTS) is 1. The zero-order valence-electron chi connectivity index (χ0n) is 9.07. The number of carboxylic acids is 1. The van der Waals surface area contributed by atoms with Gasteiger partial charge in [0.25, 0.3) is 0 Å². The van der Waals surface area contributed by atoms with E-state index in [0.29, 0.717) is 28.8 Å². The van der Waals surface area contributed by atoms with Crippen LogP contribution >= 0.6 is 23.2 Å². The molecule has 92 valence electrons. The molecule has 1 N–H and O–H groups in total. The minimum atomic E-state index is -0.836. The van der Waals surface area contributed by atoms with Crippen molar-refractivity contribution in [1.29, 1.82) is 0 Å². The highest BCUT2D eigenvalue weighted by molar-refractivity contribution is 6.36. The molecular weight excluding hydrogens is 263 g/mol. The molecule has 4 nitrogen and oxygen atoms in total. The first-order valence-corrected chi connectivity index (χ1v) is 6.15. The summed E-state index contributed by atoms with van der Waals surface area (Å²) in [7, 11) is 0. The third kappa shape index (κ3) is 2.64. The fourth-order valence-electron chi connectivity index (χ4n) is 2.06. The van der Waals surface area contributed by atoms with Crippen molar-refractivity contribution < 1.29 is 9.90 Å². The van der Waals surface area contributed by atoms with Gasteiger partial charge in [-0.15, -0.1) is 0 Å². The maximum atomic E-state index is 11.2. The van der Waals surface area contributed by atoms with Crippen LogP contribution in [0.4, 0.5) is 5.82 Å². The fourth-order valence-corrected chi connectivity index (χ4v) is 2.55. The van der Waals surface area contributed by atoms with Crippen molar-refractivity contribution in [3.05, 3.63) is 22.3 Å². The Labute approximate surface area is 109 Å². The Kier molecular flexibility index (Phi) is 3.74. The lowest BCUT2D eigenvalue weighted by Crippen LogP contribution is -2.45. The van der Waals surface area contributed by atoms with E-state index in [0.717, 1.165) is 12.8 Å². The molecule has 0 saturated carbocycles.